The summed E-state index contributed by atoms with van der Waals surface area (Å²) in [4.78, 5) is 39.2. The lowest BCUT2D eigenvalue weighted by atomic mass is 10.0. The molecule has 3 aromatic rings. The molecular formula is C28H21F6N3O5S4. The predicted octanol–water partition coefficient (Wildman–Crippen LogP) is 6.34. The molecule has 46 heavy (non-hydrogen) atoms. The molecule has 2 amide bonds. The molecule has 2 aromatic carbocycles. The van der Waals surface area contributed by atoms with Crippen molar-refractivity contribution in [3.8, 4) is 11.1 Å². The van der Waals surface area contributed by atoms with Crippen LogP contribution in [-0.2, 0) is 31.6 Å². The zero-order chi connectivity index (χ0) is 34.2. The Morgan fingerprint density at radius 3 is 2.15 bits per heavy atom. The van der Waals surface area contributed by atoms with E-state index in [0.717, 1.165) is 33.4 Å². The van der Waals surface area contributed by atoms with Crippen LogP contribution in [0.2, 0.25) is 0 Å². The van der Waals surface area contributed by atoms with E-state index in [1.807, 2.05) is 0 Å². The standard InChI is InChI=1S/C28H21F6N3O5S4/c1-46(35,42)7-6-21(23(38)36-19-4-2-14(3-5-19)25(40)41)37-24(39)22(45-26(37)43)12-20-10-16(13-44-20)15-8-17(27(29,30)31)11-18(9-15)28(32,33)34/h2-5,7-13,21H,6H2,1H3,(H2,35,42)(H,36,38)(H,40,41)/t21-,46?/m0/s1. The number of benzene rings is 2. The Kier molecular flexibility index (Phi) is 10.1. The molecule has 1 saturated heterocycles. The molecule has 1 aliphatic rings. The molecule has 244 valence electrons. The van der Waals surface area contributed by atoms with Crippen molar-refractivity contribution in [2.24, 2.45) is 5.14 Å². The highest BCUT2D eigenvalue weighted by molar-refractivity contribution is 8.26. The summed E-state index contributed by atoms with van der Waals surface area (Å²) in [7, 11) is -2.98. The van der Waals surface area contributed by atoms with Crippen molar-refractivity contribution in [1.82, 2.24) is 4.90 Å². The van der Waals surface area contributed by atoms with E-state index in [1.54, 1.807) is 0 Å². The van der Waals surface area contributed by atoms with Crippen LogP contribution in [0.4, 0.5) is 32.0 Å². The van der Waals surface area contributed by atoms with Crippen molar-refractivity contribution in [2.75, 3.05) is 11.6 Å². The largest absolute Gasteiger partial charge is 0.478 e. The van der Waals surface area contributed by atoms with Crippen LogP contribution in [0.15, 0.2) is 58.8 Å². The summed E-state index contributed by atoms with van der Waals surface area (Å²) in [5.41, 5.74) is -3.08. The van der Waals surface area contributed by atoms with Crippen LogP contribution in [0.5, 0.6) is 0 Å². The predicted molar refractivity (Wildman–Crippen MR) is 170 cm³/mol. The summed E-state index contributed by atoms with van der Waals surface area (Å²) < 4.78 is 92.2. The molecule has 0 bridgehead atoms. The fraction of sp³-hybridized carbons (Fsp3) is 0.179. The Labute approximate surface area is 271 Å². The number of carboxylic acids is 1. The number of carbonyl (C=O) groups excluding carboxylic acids is 2. The second-order valence-corrected chi connectivity index (χ2v) is 14.7. The van der Waals surface area contributed by atoms with Crippen LogP contribution in [-0.4, -0.2) is 54.0 Å². The van der Waals surface area contributed by atoms with Gasteiger partial charge in [-0.2, -0.15) is 26.3 Å². The molecule has 18 heteroatoms. The maximum atomic E-state index is 13.5. The van der Waals surface area contributed by atoms with Crippen LogP contribution in [0.3, 0.4) is 0 Å². The Hall–Kier alpha value is -3.71. The average molecular weight is 722 g/mol. The van der Waals surface area contributed by atoms with Crippen molar-refractivity contribution in [3.05, 3.63) is 80.4 Å². The first kappa shape index (κ1) is 35.1. The van der Waals surface area contributed by atoms with Crippen LogP contribution < -0.4 is 10.5 Å². The number of alkyl halides is 6. The van der Waals surface area contributed by atoms with Gasteiger partial charge in [-0.05, 0) is 76.5 Å². The number of rotatable bonds is 8. The van der Waals surface area contributed by atoms with Gasteiger partial charge in [-0.25, -0.2) is 4.79 Å². The molecule has 0 saturated carbocycles. The Morgan fingerprint density at radius 2 is 1.63 bits per heavy atom. The molecule has 2 atom stereocenters. The highest BCUT2D eigenvalue weighted by Crippen LogP contribution is 2.41. The van der Waals surface area contributed by atoms with Gasteiger partial charge in [-0.15, -0.1) is 11.3 Å². The van der Waals surface area contributed by atoms with E-state index in [9.17, 15) is 44.9 Å². The van der Waals surface area contributed by atoms with Crippen LogP contribution >= 0.6 is 35.3 Å². The Balaban J connectivity index is 1.64. The minimum Gasteiger partial charge on any atom is -0.478 e. The van der Waals surface area contributed by atoms with E-state index in [0.29, 0.717) is 17.0 Å². The molecule has 0 aliphatic carbocycles. The smallest absolute Gasteiger partial charge is 0.416 e. The summed E-state index contributed by atoms with van der Waals surface area (Å²) in [6, 6.07) is 6.34. The second kappa shape index (κ2) is 13.2. The summed E-state index contributed by atoms with van der Waals surface area (Å²) in [5, 5.41) is 19.7. The van der Waals surface area contributed by atoms with Crippen molar-refractivity contribution in [1.29, 1.82) is 0 Å². The third-order valence-electron chi connectivity index (χ3n) is 6.30. The lowest BCUT2D eigenvalue weighted by molar-refractivity contribution is -0.143. The second-order valence-electron chi connectivity index (χ2n) is 9.84. The number of anilines is 1. The number of amides is 2. The topological polar surface area (TPSA) is 130 Å². The number of hydrogen-bond donors (Lipinski definition) is 3. The van der Waals surface area contributed by atoms with Crippen LogP contribution in [0.25, 0.3) is 17.2 Å². The lowest BCUT2D eigenvalue weighted by Gasteiger charge is -2.25. The van der Waals surface area contributed by atoms with Gasteiger partial charge in [0.25, 0.3) is 5.91 Å². The SMILES string of the molecule is CS(N)(=O)=CC[C@@H](C(=O)Nc1ccc(C(=O)O)cc1)N1C(=O)C(=Cc2cc(-c3cc(C(F)(F)F)cc(C(F)(F)F)c3)cs2)SC1=S. The number of nitrogens with two attached hydrogens (primary N) is 1. The normalized spacial score (nSPS) is 16.8. The zero-order valence-corrected chi connectivity index (χ0v) is 26.4. The number of nitrogens with one attached hydrogen (secondary N) is 1. The number of carboxylic acid groups (broad SMARTS) is 1. The van der Waals surface area contributed by atoms with Crippen molar-refractivity contribution in [2.45, 2.75) is 24.8 Å². The molecule has 1 unspecified atom stereocenters. The maximum Gasteiger partial charge on any atom is 0.416 e. The van der Waals surface area contributed by atoms with Crippen LogP contribution in [0.1, 0.15) is 32.8 Å². The molecule has 4 N–H and O–H groups in total. The number of halogens is 6. The first-order valence-electron chi connectivity index (χ1n) is 12.6. The fourth-order valence-electron chi connectivity index (χ4n) is 4.11. The minimum absolute atomic E-state index is 0.00649. The molecule has 0 spiro atoms. The Bertz CT molecular complexity index is 1840. The number of thiophene rings is 1. The van der Waals surface area contributed by atoms with E-state index < -0.39 is 57.0 Å². The van der Waals surface area contributed by atoms with E-state index in [4.69, 9.17) is 22.5 Å². The molecule has 4 rings (SSSR count). The number of nitrogens with zero attached hydrogens (tertiary/aromatic N) is 1. The van der Waals surface area contributed by atoms with Crippen molar-refractivity contribution < 1.29 is 50.0 Å². The fourth-order valence-corrected chi connectivity index (χ4v) is 6.95. The average Bonchev–Trinajstić information content (AvgIpc) is 3.51. The van der Waals surface area contributed by atoms with Gasteiger partial charge in [-0.3, -0.25) is 23.8 Å². The van der Waals surface area contributed by atoms with Gasteiger partial charge in [0.2, 0.25) is 5.91 Å². The maximum absolute atomic E-state index is 13.5. The van der Waals surface area contributed by atoms with Gasteiger partial charge in [0, 0.05) is 32.9 Å². The zero-order valence-electron chi connectivity index (χ0n) is 23.1. The molecule has 2 heterocycles. The van der Waals surface area contributed by atoms with E-state index in [2.05, 4.69) is 5.32 Å². The number of thioether (sulfide) groups is 1. The van der Waals surface area contributed by atoms with Gasteiger partial charge in [0.1, 0.15) is 10.4 Å². The van der Waals surface area contributed by atoms with Gasteiger partial charge >= 0.3 is 18.3 Å². The Morgan fingerprint density at radius 1 is 1.04 bits per heavy atom. The lowest BCUT2D eigenvalue weighted by Crippen LogP contribution is -2.47. The quantitative estimate of drug-likeness (QED) is 0.141. The number of hydrogen-bond acceptors (Lipinski definition) is 7. The summed E-state index contributed by atoms with van der Waals surface area (Å²) >= 11 is 7.11. The van der Waals surface area contributed by atoms with E-state index in [1.165, 1.54) is 48.0 Å². The minimum atomic E-state index is -5.03. The first-order valence-corrected chi connectivity index (χ1v) is 16.8. The summed E-state index contributed by atoms with van der Waals surface area (Å²) in [6.07, 6.45) is -7.79. The van der Waals surface area contributed by atoms with E-state index >= 15 is 0 Å². The highest BCUT2D eigenvalue weighted by Gasteiger charge is 2.41. The molecule has 1 aromatic heterocycles. The molecule has 8 nitrogen and oxygen atoms in total. The number of carbonyl (C=O) groups is 3. The molecular weight excluding hydrogens is 701 g/mol. The molecule has 1 aliphatic heterocycles. The molecule has 0 radical (unpaired) electrons. The number of thiocarbonyl (C=S) groups is 1. The van der Waals surface area contributed by atoms with Gasteiger partial charge in [0.15, 0.2) is 0 Å². The van der Waals surface area contributed by atoms with Crippen LogP contribution in [0, 0.1) is 0 Å². The number of aromatic carboxylic acids is 1. The third kappa shape index (κ3) is 8.55. The summed E-state index contributed by atoms with van der Waals surface area (Å²) in [6.45, 7) is 0. The monoisotopic (exact) mass is 721 g/mol. The van der Waals surface area contributed by atoms with E-state index in [-0.39, 0.29) is 44.1 Å². The third-order valence-corrected chi connectivity index (χ3v) is 9.37. The van der Waals surface area contributed by atoms with Crippen molar-refractivity contribution in [3.63, 3.8) is 0 Å². The highest BCUT2D eigenvalue weighted by atomic mass is 32.2. The van der Waals surface area contributed by atoms with Crippen molar-refractivity contribution >= 4 is 84.3 Å². The summed E-state index contributed by atoms with van der Waals surface area (Å²) in [5.74, 6) is -2.68. The van der Waals surface area contributed by atoms with Gasteiger partial charge in [-0.1, -0.05) is 24.0 Å². The first-order chi connectivity index (χ1) is 21.2. The molecule has 1 fully saturated rings. The van der Waals surface area contributed by atoms with Gasteiger partial charge in [0.05, 0.1) is 21.6 Å². The van der Waals surface area contributed by atoms with Gasteiger partial charge < -0.3 is 10.4 Å².